The fourth-order valence-electron chi connectivity index (χ4n) is 1.89. The molecule has 0 saturated heterocycles. The van der Waals surface area contributed by atoms with Crippen molar-refractivity contribution in [3.05, 3.63) is 0 Å². The number of nitrogens with zero attached hydrogens (tertiary/aromatic N) is 5. The molecule has 0 aromatic heterocycles. The van der Waals surface area contributed by atoms with E-state index in [1.54, 1.807) is 19.1 Å². The summed E-state index contributed by atoms with van der Waals surface area (Å²) in [7, 11) is -8.32. The molecule has 0 heterocycles. The summed E-state index contributed by atoms with van der Waals surface area (Å²) in [6.07, 6.45) is 0.249. The van der Waals surface area contributed by atoms with Crippen molar-refractivity contribution in [3.63, 3.8) is 0 Å². The van der Waals surface area contributed by atoms with E-state index in [4.69, 9.17) is 15.8 Å². The molecular weight excluding hydrogens is 354 g/mol. The van der Waals surface area contributed by atoms with Crippen LogP contribution >= 0.6 is 0 Å². The van der Waals surface area contributed by atoms with Crippen LogP contribution in [0.2, 0.25) is 0 Å². The Bertz CT molecular complexity index is 695. The van der Waals surface area contributed by atoms with Gasteiger partial charge in [-0.1, -0.05) is 6.92 Å². The lowest BCUT2D eigenvalue weighted by atomic mass is 10.4. The third kappa shape index (κ3) is 7.71. The Morgan fingerprint density at radius 3 is 1.33 bits per heavy atom. The summed E-state index contributed by atoms with van der Waals surface area (Å²) in [6, 6.07) is 5.42. The molecule has 0 aromatic carbocycles. The van der Waals surface area contributed by atoms with Crippen molar-refractivity contribution >= 4 is 20.0 Å². The normalized spacial score (nSPS) is 11.8. The largest absolute Gasteiger partial charge is 0.230 e. The first-order valence-corrected chi connectivity index (χ1v) is 10.5. The minimum Gasteiger partial charge on any atom is -0.211 e. The molecule has 0 fully saturated rings. The maximum absolute atomic E-state index is 12.4. The van der Waals surface area contributed by atoms with Gasteiger partial charge in [-0.15, -0.1) is 0 Å². The maximum atomic E-state index is 12.4. The van der Waals surface area contributed by atoms with E-state index in [9.17, 15) is 16.8 Å². The summed E-state index contributed by atoms with van der Waals surface area (Å²) in [5.41, 5.74) is 0. The van der Waals surface area contributed by atoms with E-state index in [0.29, 0.717) is 6.42 Å². The van der Waals surface area contributed by atoms with Gasteiger partial charge in [0, 0.05) is 45.4 Å². The van der Waals surface area contributed by atoms with E-state index in [-0.39, 0.29) is 45.4 Å². The van der Waals surface area contributed by atoms with Crippen LogP contribution < -0.4 is 0 Å². The minimum atomic E-state index is -4.19. The monoisotopic (exact) mass is 375 g/mol. The molecule has 0 aromatic rings. The van der Waals surface area contributed by atoms with Crippen LogP contribution in [0.4, 0.5) is 0 Å². The van der Waals surface area contributed by atoms with Crippen LogP contribution in [0.3, 0.4) is 0 Å². The van der Waals surface area contributed by atoms with Gasteiger partial charge in [-0.05, 0) is 6.42 Å². The van der Waals surface area contributed by atoms with Gasteiger partial charge in [0.2, 0.25) is 20.0 Å². The standard InChI is InChI=1S/C13H21N5O4S2/c1-2-9-17(10-3-6-14)23(19,20)13-24(21,22)18(11-4-7-15)12-5-8-16/h2-5,9-13H2,1H3. The van der Waals surface area contributed by atoms with Gasteiger partial charge in [0.15, 0.2) is 5.08 Å². The lowest BCUT2D eigenvalue weighted by Crippen LogP contribution is -2.42. The van der Waals surface area contributed by atoms with Crippen molar-refractivity contribution in [3.8, 4) is 18.2 Å². The summed E-state index contributed by atoms with van der Waals surface area (Å²) >= 11 is 0. The highest BCUT2D eigenvalue weighted by atomic mass is 32.3. The van der Waals surface area contributed by atoms with Crippen molar-refractivity contribution < 1.29 is 16.8 Å². The van der Waals surface area contributed by atoms with E-state index >= 15 is 0 Å². The molecule has 11 heteroatoms. The number of nitriles is 3. The van der Waals surface area contributed by atoms with Gasteiger partial charge in [-0.25, -0.2) is 16.8 Å². The fourth-order valence-corrected chi connectivity index (χ4v) is 6.16. The molecule has 0 radical (unpaired) electrons. The van der Waals surface area contributed by atoms with Crippen molar-refractivity contribution in [2.45, 2.75) is 32.6 Å². The molecule has 0 N–H and O–H groups in total. The molecular formula is C13H21N5O4S2. The smallest absolute Gasteiger partial charge is 0.211 e. The molecule has 0 aliphatic carbocycles. The molecule has 0 saturated carbocycles. The Balaban J connectivity index is 5.34. The molecule has 0 bridgehead atoms. The minimum absolute atomic E-state index is 0.0359. The SMILES string of the molecule is CCCN(CCC#N)S(=O)(=O)CS(=O)(=O)N(CCC#N)CCC#N. The molecule has 9 nitrogen and oxygen atoms in total. The lowest BCUT2D eigenvalue weighted by Gasteiger charge is -2.24. The zero-order valence-corrected chi connectivity index (χ0v) is 15.2. The third-order valence-electron chi connectivity index (χ3n) is 2.98. The second-order valence-corrected chi connectivity index (χ2v) is 9.17. The number of hydrogen-bond acceptors (Lipinski definition) is 7. The second kappa shape index (κ2) is 11.0. The zero-order valence-electron chi connectivity index (χ0n) is 13.5. The summed E-state index contributed by atoms with van der Waals surface area (Å²) in [5.74, 6) is 0. The topological polar surface area (TPSA) is 146 Å². The van der Waals surface area contributed by atoms with E-state index in [1.165, 1.54) is 0 Å². The lowest BCUT2D eigenvalue weighted by molar-refractivity contribution is 0.412. The van der Waals surface area contributed by atoms with Gasteiger partial charge in [-0.2, -0.15) is 24.4 Å². The second-order valence-electron chi connectivity index (χ2n) is 4.86. The quantitative estimate of drug-likeness (QED) is 0.478. The maximum Gasteiger partial charge on any atom is 0.230 e. The number of sulfonamides is 2. The average Bonchev–Trinajstić information content (AvgIpc) is 2.50. The van der Waals surface area contributed by atoms with E-state index in [1.807, 2.05) is 6.07 Å². The van der Waals surface area contributed by atoms with E-state index in [2.05, 4.69) is 0 Å². The molecule has 0 unspecified atom stereocenters. The Hall–Kier alpha value is -1.71. The highest BCUT2D eigenvalue weighted by Crippen LogP contribution is 2.12. The Morgan fingerprint density at radius 1 is 0.708 bits per heavy atom. The van der Waals surface area contributed by atoms with Gasteiger partial charge in [0.1, 0.15) is 0 Å². The Labute approximate surface area is 143 Å². The fraction of sp³-hybridized carbons (Fsp3) is 0.769. The Kier molecular flexibility index (Phi) is 10.2. The molecule has 0 rings (SSSR count). The predicted octanol–water partition coefficient (Wildman–Crippen LogP) is 0.359. The van der Waals surface area contributed by atoms with Crippen LogP contribution in [0.15, 0.2) is 0 Å². The zero-order chi connectivity index (χ0) is 18.6. The van der Waals surface area contributed by atoms with E-state index < -0.39 is 25.1 Å². The summed E-state index contributed by atoms with van der Waals surface area (Å²) in [5, 5.41) is 24.7. The molecule has 134 valence electrons. The van der Waals surface area contributed by atoms with Crippen LogP contribution in [-0.4, -0.2) is 56.7 Å². The molecule has 0 aliphatic rings. The van der Waals surface area contributed by atoms with Crippen molar-refractivity contribution in [1.29, 1.82) is 15.8 Å². The van der Waals surface area contributed by atoms with Crippen LogP contribution in [-0.2, 0) is 20.0 Å². The summed E-state index contributed by atoms with van der Waals surface area (Å²) in [6.45, 7) is 1.47. The van der Waals surface area contributed by atoms with Crippen molar-refractivity contribution in [2.75, 3.05) is 31.3 Å². The highest BCUT2D eigenvalue weighted by molar-refractivity contribution is 8.05. The van der Waals surface area contributed by atoms with Gasteiger partial charge in [0.25, 0.3) is 0 Å². The number of hydrogen-bond donors (Lipinski definition) is 0. The molecule has 24 heavy (non-hydrogen) atoms. The molecule has 0 aliphatic heterocycles. The molecule has 0 atom stereocenters. The first-order chi connectivity index (χ1) is 11.2. The van der Waals surface area contributed by atoms with Crippen LogP contribution in [0.25, 0.3) is 0 Å². The molecule has 0 spiro atoms. The first kappa shape index (κ1) is 22.3. The third-order valence-corrected chi connectivity index (χ3v) is 7.66. The van der Waals surface area contributed by atoms with Crippen LogP contribution in [0.1, 0.15) is 32.6 Å². The van der Waals surface area contributed by atoms with Crippen LogP contribution in [0.5, 0.6) is 0 Å². The van der Waals surface area contributed by atoms with Gasteiger partial charge >= 0.3 is 0 Å². The van der Waals surface area contributed by atoms with Gasteiger partial charge in [0.05, 0.1) is 18.2 Å². The molecule has 0 amide bonds. The van der Waals surface area contributed by atoms with Gasteiger partial charge in [-0.3, -0.25) is 0 Å². The Morgan fingerprint density at radius 2 is 1.04 bits per heavy atom. The average molecular weight is 375 g/mol. The van der Waals surface area contributed by atoms with Crippen LogP contribution in [0, 0.1) is 34.0 Å². The van der Waals surface area contributed by atoms with Crippen molar-refractivity contribution in [1.82, 2.24) is 8.61 Å². The summed E-state index contributed by atoms with van der Waals surface area (Å²) in [4.78, 5) is 0. The number of rotatable bonds is 12. The predicted molar refractivity (Wildman–Crippen MR) is 86.8 cm³/mol. The first-order valence-electron chi connectivity index (χ1n) is 7.31. The summed E-state index contributed by atoms with van der Waals surface area (Å²) < 4.78 is 51.3. The highest BCUT2D eigenvalue weighted by Gasteiger charge is 2.32. The van der Waals surface area contributed by atoms with E-state index in [0.717, 1.165) is 8.61 Å². The van der Waals surface area contributed by atoms with Gasteiger partial charge < -0.3 is 0 Å². The van der Waals surface area contributed by atoms with Crippen molar-refractivity contribution in [2.24, 2.45) is 0 Å².